The molecule has 7 nitrogen and oxygen atoms in total. The van der Waals surface area contributed by atoms with Crippen LogP contribution in [0.1, 0.15) is 17.0 Å². The maximum Gasteiger partial charge on any atom is 0.316 e. The van der Waals surface area contributed by atoms with Crippen molar-refractivity contribution < 1.29 is 13.7 Å². The molecule has 0 unspecified atom stereocenters. The average molecular weight is 300 g/mol. The number of methoxy groups -OCH3 is 1. The van der Waals surface area contributed by atoms with Gasteiger partial charge in [0.25, 0.3) is 0 Å². The number of nitrogens with zero attached hydrogens (tertiary/aromatic N) is 3. The third kappa shape index (κ3) is 2.78. The van der Waals surface area contributed by atoms with Crippen LogP contribution in [0.25, 0.3) is 11.5 Å². The molecule has 0 aliphatic heterocycles. The maximum absolute atomic E-state index is 5.60. The highest BCUT2D eigenvalue weighted by Gasteiger charge is 2.12. The van der Waals surface area contributed by atoms with Crippen LogP contribution in [0.15, 0.2) is 33.2 Å². The van der Waals surface area contributed by atoms with Crippen molar-refractivity contribution in [2.24, 2.45) is 0 Å². The molecule has 1 N–H and O–H groups in total. The van der Waals surface area contributed by atoms with Crippen molar-refractivity contribution in [3.8, 4) is 17.2 Å². The fourth-order valence-corrected chi connectivity index (χ4v) is 2.06. The topological polar surface area (TPSA) is 86.2 Å². The molecule has 3 aromatic rings. The number of anilines is 1. The average Bonchev–Trinajstić information content (AvgIpc) is 3.13. The van der Waals surface area contributed by atoms with Crippen LogP contribution in [0.2, 0.25) is 0 Å². The smallest absolute Gasteiger partial charge is 0.316 e. The maximum atomic E-state index is 5.60. The molecule has 0 saturated heterocycles. The van der Waals surface area contributed by atoms with Crippen LogP contribution in [-0.4, -0.2) is 22.5 Å². The number of aryl methyl sites for hydroxylation is 2. The largest absolute Gasteiger partial charge is 0.497 e. The molecule has 0 radical (unpaired) electrons. The van der Waals surface area contributed by atoms with Crippen molar-refractivity contribution in [1.82, 2.24) is 15.4 Å². The number of benzene rings is 1. The van der Waals surface area contributed by atoms with E-state index in [2.05, 4.69) is 20.7 Å². The standard InChI is InChI=1S/C15H16N4O3/c1-9-13(10(2)22-19-9)8-16-15-18-17-14(21-15)11-4-6-12(20-3)7-5-11/h4-7H,8H2,1-3H3,(H,16,18). The summed E-state index contributed by atoms with van der Waals surface area (Å²) >= 11 is 0. The van der Waals surface area contributed by atoms with Gasteiger partial charge in [0.1, 0.15) is 11.5 Å². The van der Waals surface area contributed by atoms with Crippen molar-refractivity contribution in [3.05, 3.63) is 41.3 Å². The van der Waals surface area contributed by atoms with Crippen LogP contribution in [-0.2, 0) is 6.54 Å². The van der Waals surface area contributed by atoms with Crippen molar-refractivity contribution in [2.45, 2.75) is 20.4 Å². The molecular weight excluding hydrogens is 284 g/mol. The number of ether oxygens (including phenoxy) is 1. The zero-order valence-corrected chi connectivity index (χ0v) is 12.6. The van der Waals surface area contributed by atoms with E-state index < -0.39 is 0 Å². The lowest BCUT2D eigenvalue weighted by Gasteiger charge is -2.00. The molecule has 0 aliphatic rings. The zero-order valence-electron chi connectivity index (χ0n) is 12.6. The predicted molar refractivity (Wildman–Crippen MR) is 79.6 cm³/mol. The van der Waals surface area contributed by atoms with E-state index in [0.29, 0.717) is 18.5 Å². The fourth-order valence-electron chi connectivity index (χ4n) is 2.06. The molecule has 0 bridgehead atoms. The molecule has 7 heteroatoms. The van der Waals surface area contributed by atoms with Crippen LogP contribution in [0.3, 0.4) is 0 Å². The third-order valence-corrected chi connectivity index (χ3v) is 3.36. The Morgan fingerprint density at radius 3 is 2.55 bits per heavy atom. The van der Waals surface area contributed by atoms with Gasteiger partial charge < -0.3 is 19.0 Å². The minimum absolute atomic E-state index is 0.353. The van der Waals surface area contributed by atoms with E-state index in [-0.39, 0.29) is 0 Å². The molecule has 0 atom stereocenters. The Hall–Kier alpha value is -2.83. The number of hydrogen-bond donors (Lipinski definition) is 1. The monoisotopic (exact) mass is 300 g/mol. The minimum Gasteiger partial charge on any atom is -0.497 e. The molecule has 0 spiro atoms. The molecule has 22 heavy (non-hydrogen) atoms. The summed E-state index contributed by atoms with van der Waals surface area (Å²) in [4.78, 5) is 0. The second-order valence-electron chi connectivity index (χ2n) is 4.80. The van der Waals surface area contributed by atoms with Crippen molar-refractivity contribution in [2.75, 3.05) is 12.4 Å². The van der Waals surface area contributed by atoms with Gasteiger partial charge in [0.05, 0.1) is 12.8 Å². The van der Waals surface area contributed by atoms with Crippen molar-refractivity contribution >= 4 is 6.01 Å². The highest BCUT2D eigenvalue weighted by atomic mass is 16.5. The van der Waals surface area contributed by atoms with Gasteiger partial charge >= 0.3 is 6.01 Å². The molecule has 0 aliphatic carbocycles. The van der Waals surface area contributed by atoms with Crippen LogP contribution in [0, 0.1) is 13.8 Å². The Kier molecular flexibility index (Phi) is 3.78. The molecule has 114 valence electrons. The first-order valence-electron chi connectivity index (χ1n) is 6.81. The molecule has 0 amide bonds. The summed E-state index contributed by atoms with van der Waals surface area (Å²) in [7, 11) is 1.62. The Morgan fingerprint density at radius 2 is 1.91 bits per heavy atom. The molecule has 1 aromatic carbocycles. The lowest BCUT2D eigenvalue weighted by molar-refractivity contribution is 0.392. The summed E-state index contributed by atoms with van der Waals surface area (Å²) in [6.45, 7) is 4.28. The minimum atomic E-state index is 0.353. The fraction of sp³-hybridized carbons (Fsp3) is 0.267. The quantitative estimate of drug-likeness (QED) is 0.775. The van der Waals surface area contributed by atoms with Crippen LogP contribution >= 0.6 is 0 Å². The predicted octanol–water partition coefficient (Wildman–Crippen LogP) is 2.96. The van der Waals surface area contributed by atoms with Crippen LogP contribution in [0.5, 0.6) is 5.75 Å². The van der Waals surface area contributed by atoms with Gasteiger partial charge in [-0.05, 0) is 38.1 Å². The first-order valence-corrected chi connectivity index (χ1v) is 6.81. The summed E-state index contributed by atoms with van der Waals surface area (Å²) in [5.74, 6) is 2.00. The van der Waals surface area contributed by atoms with Gasteiger partial charge in [0.2, 0.25) is 5.89 Å². The van der Waals surface area contributed by atoms with E-state index in [9.17, 15) is 0 Å². The van der Waals surface area contributed by atoms with Gasteiger partial charge in [0.15, 0.2) is 0 Å². The van der Waals surface area contributed by atoms with E-state index in [1.54, 1.807) is 7.11 Å². The van der Waals surface area contributed by atoms with Gasteiger partial charge in [-0.2, -0.15) is 0 Å². The van der Waals surface area contributed by atoms with Gasteiger partial charge in [-0.25, -0.2) is 0 Å². The second-order valence-corrected chi connectivity index (χ2v) is 4.80. The van der Waals surface area contributed by atoms with E-state index >= 15 is 0 Å². The SMILES string of the molecule is COc1ccc(-c2nnc(NCc3c(C)noc3C)o2)cc1. The van der Waals surface area contributed by atoms with E-state index in [1.807, 2.05) is 38.1 Å². The zero-order chi connectivity index (χ0) is 15.5. The number of rotatable bonds is 5. The normalized spacial score (nSPS) is 10.7. The second kappa shape index (κ2) is 5.88. The highest BCUT2D eigenvalue weighted by molar-refractivity contribution is 5.54. The number of nitrogens with one attached hydrogen (secondary N) is 1. The first-order chi connectivity index (χ1) is 10.7. The summed E-state index contributed by atoms with van der Waals surface area (Å²) in [5, 5.41) is 15.0. The Labute approximate surface area is 127 Å². The van der Waals surface area contributed by atoms with E-state index in [1.165, 1.54) is 0 Å². The van der Waals surface area contributed by atoms with Crippen LogP contribution < -0.4 is 10.1 Å². The van der Waals surface area contributed by atoms with Gasteiger partial charge in [-0.15, -0.1) is 5.10 Å². The molecule has 3 rings (SSSR count). The van der Waals surface area contributed by atoms with Crippen LogP contribution in [0.4, 0.5) is 6.01 Å². The summed E-state index contributed by atoms with van der Waals surface area (Å²) < 4.78 is 15.8. The Bertz CT molecular complexity index is 742. The van der Waals surface area contributed by atoms with Gasteiger partial charge in [-0.1, -0.05) is 10.3 Å². The first kappa shape index (κ1) is 14.1. The number of hydrogen-bond acceptors (Lipinski definition) is 7. The molecule has 2 aromatic heterocycles. The Balaban J connectivity index is 1.70. The lowest BCUT2D eigenvalue weighted by Crippen LogP contribution is -2.01. The van der Waals surface area contributed by atoms with E-state index in [4.69, 9.17) is 13.7 Å². The highest BCUT2D eigenvalue weighted by Crippen LogP contribution is 2.23. The molecule has 2 heterocycles. The van der Waals surface area contributed by atoms with E-state index in [0.717, 1.165) is 28.3 Å². The molecular formula is C15H16N4O3. The third-order valence-electron chi connectivity index (χ3n) is 3.36. The molecule has 0 saturated carbocycles. The summed E-state index contributed by atoms with van der Waals surface area (Å²) in [6.07, 6.45) is 0. The van der Waals surface area contributed by atoms with Crippen molar-refractivity contribution in [1.29, 1.82) is 0 Å². The summed E-state index contributed by atoms with van der Waals surface area (Å²) in [5.41, 5.74) is 2.67. The number of aromatic nitrogens is 3. The lowest BCUT2D eigenvalue weighted by atomic mass is 10.2. The molecule has 0 fully saturated rings. The Morgan fingerprint density at radius 1 is 1.14 bits per heavy atom. The van der Waals surface area contributed by atoms with Crippen molar-refractivity contribution in [3.63, 3.8) is 0 Å². The van der Waals surface area contributed by atoms with Gasteiger partial charge in [-0.3, -0.25) is 0 Å². The van der Waals surface area contributed by atoms with Gasteiger partial charge in [0, 0.05) is 17.7 Å². The summed E-state index contributed by atoms with van der Waals surface area (Å²) in [6, 6.07) is 7.77.